The molecule has 0 bridgehead atoms. The molecule has 0 saturated carbocycles. The Bertz CT molecular complexity index is 919. The van der Waals surface area contributed by atoms with Gasteiger partial charge in [0, 0.05) is 12.1 Å². The van der Waals surface area contributed by atoms with E-state index in [2.05, 4.69) is 43.5 Å². The summed E-state index contributed by atoms with van der Waals surface area (Å²) in [7, 11) is 0. The second kappa shape index (κ2) is 12.9. The fraction of sp³-hybridized carbons (Fsp3) is 0.423. The van der Waals surface area contributed by atoms with Crippen molar-refractivity contribution in [1.82, 2.24) is 5.32 Å². The summed E-state index contributed by atoms with van der Waals surface area (Å²) in [6.07, 6.45) is 2.68. The Kier molecular flexibility index (Phi) is 10.3. The molecule has 0 spiro atoms. The minimum absolute atomic E-state index is 0.102. The van der Waals surface area contributed by atoms with E-state index >= 15 is 0 Å². The molecule has 33 heavy (non-hydrogen) atoms. The molecule has 0 aliphatic heterocycles. The number of esters is 1. The number of anilines is 1. The molecule has 2 rings (SSSR count). The lowest BCUT2D eigenvalue weighted by molar-refractivity contribution is -0.119. The third-order valence-corrected chi connectivity index (χ3v) is 5.10. The van der Waals surface area contributed by atoms with Gasteiger partial charge in [0.2, 0.25) is 5.91 Å². The number of carbonyl (C=O) groups is 2. The predicted molar refractivity (Wildman–Crippen MR) is 136 cm³/mol. The minimum atomic E-state index is -0.349. The first-order valence-electron chi connectivity index (χ1n) is 11.3. The highest BCUT2D eigenvalue weighted by Crippen LogP contribution is 2.24. The zero-order valence-electron chi connectivity index (χ0n) is 19.9. The molecule has 0 atom stereocenters. The van der Waals surface area contributed by atoms with Gasteiger partial charge < -0.3 is 20.1 Å². The van der Waals surface area contributed by atoms with Gasteiger partial charge in [-0.25, -0.2) is 4.79 Å². The number of ether oxygens (including phenoxy) is 2. The number of carbonyl (C=O) groups excluding carboxylic acids is 2. The van der Waals surface area contributed by atoms with Crippen LogP contribution in [0.5, 0.6) is 5.75 Å². The fourth-order valence-corrected chi connectivity index (χ4v) is 3.14. The maximum atomic E-state index is 12.1. The maximum Gasteiger partial charge on any atom is 0.338 e. The summed E-state index contributed by atoms with van der Waals surface area (Å²) in [6, 6.07) is 14.8. The number of benzene rings is 2. The number of rotatable bonds is 10. The first kappa shape index (κ1) is 26.3. The number of hydrogen-bond donors (Lipinski definition) is 2. The second-order valence-electron chi connectivity index (χ2n) is 8.80. The molecule has 2 aromatic rings. The van der Waals surface area contributed by atoms with E-state index in [0.717, 1.165) is 18.6 Å². The van der Waals surface area contributed by atoms with Crippen LogP contribution in [0.15, 0.2) is 48.5 Å². The van der Waals surface area contributed by atoms with E-state index in [9.17, 15) is 9.59 Å². The van der Waals surface area contributed by atoms with E-state index in [1.807, 2.05) is 19.1 Å². The van der Waals surface area contributed by atoms with Crippen molar-refractivity contribution < 1.29 is 19.1 Å². The van der Waals surface area contributed by atoms with Gasteiger partial charge in [0.15, 0.2) is 5.11 Å². The minimum Gasteiger partial charge on any atom is -0.494 e. The number of nitrogens with one attached hydrogen (secondary N) is 2. The van der Waals surface area contributed by atoms with Gasteiger partial charge >= 0.3 is 5.97 Å². The molecule has 0 saturated heterocycles. The van der Waals surface area contributed by atoms with Crippen LogP contribution in [-0.2, 0) is 14.9 Å². The van der Waals surface area contributed by atoms with Crippen LogP contribution in [0.3, 0.4) is 0 Å². The van der Waals surface area contributed by atoms with E-state index in [1.165, 1.54) is 5.56 Å². The average Bonchev–Trinajstić information content (AvgIpc) is 2.77. The molecule has 0 unspecified atom stereocenters. The SMILES string of the molecule is CCCCOC(=O)c1ccc(NC(=S)NC(=O)CCCOc2ccc(C(C)(C)C)cc2)cc1. The summed E-state index contributed by atoms with van der Waals surface area (Å²) < 4.78 is 10.9. The molecule has 0 heterocycles. The summed E-state index contributed by atoms with van der Waals surface area (Å²) in [5.41, 5.74) is 2.49. The zero-order valence-corrected chi connectivity index (χ0v) is 20.7. The average molecular weight is 471 g/mol. The third kappa shape index (κ3) is 9.61. The highest BCUT2D eigenvalue weighted by molar-refractivity contribution is 7.80. The first-order chi connectivity index (χ1) is 15.7. The Morgan fingerprint density at radius 3 is 2.21 bits per heavy atom. The molecule has 2 N–H and O–H groups in total. The molecule has 6 nitrogen and oxygen atoms in total. The van der Waals surface area contributed by atoms with Crippen LogP contribution in [0.4, 0.5) is 5.69 Å². The molecule has 0 aliphatic rings. The van der Waals surface area contributed by atoms with Crippen molar-refractivity contribution in [3.63, 3.8) is 0 Å². The monoisotopic (exact) mass is 470 g/mol. The lowest BCUT2D eigenvalue weighted by Gasteiger charge is -2.19. The van der Waals surface area contributed by atoms with Crippen molar-refractivity contribution in [2.75, 3.05) is 18.5 Å². The number of unbranched alkanes of at least 4 members (excludes halogenated alkanes) is 1. The van der Waals surface area contributed by atoms with Gasteiger partial charge in [0.1, 0.15) is 5.75 Å². The summed E-state index contributed by atoms with van der Waals surface area (Å²) in [6.45, 7) is 9.40. The Hall–Kier alpha value is -2.93. The standard InChI is InChI=1S/C26H34N2O4S/c1-5-6-17-32-24(30)19-9-13-21(14-10-19)27-25(33)28-23(29)8-7-18-31-22-15-11-20(12-16-22)26(2,3)4/h9-16H,5-8,17-18H2,1-4H3,(H2,27,28,29,33). The Balaban J connectivity index is 1.67. The fourth-order valence-electron chi connectivity index (χ4n) is 2.91. The van der Waals surface area contributed by atoms with Gasteiger partial charge in [-0.2, -0.15) is 0 Å². The first-order valence-corrected chi connectivity index (χ1v) is 11.7. The Morgan fingerprint density at radius 1 is 0.939 bits per heavy atom. The normalized spacial score (nSPS) is 10.9. The van der Waals surface area contributed by atoms with E-state index in [0.29, 0.717) is 37.3 Å². The van der Waals surface area contributed by atoms with Gasteiger partial charge in [0.25, 0.3) is 0 Å². The molecule has 2 aromatic carbocycles. The van der Waals surface area contributed by atoms with Crippen molar-refractivity contribution in [1.29, 1.82) is 0 Å². The number of amides is 1. The molecule has 0 radical (unpaired) electrons. The van der Waals surface area contributed by atoms with Gasteiger partial charge in [0.05, 0.1) is 18.8 Å². The van der Waals surface area contributed by atoms with Crippen molar-refractivity contribution in [3.05, 3.63) is 59.7 Å². The summed E-state index contributed by atoms with van der Waals surface area (Å²) in [4.78, 5) is 24.1. The second-order valence-corrected chi connectivity index (χ2v) is 9.20. The van der Waals surface area contributed by atoms with Crippen LogP contribution in [0, 0.1) is 0 Å². The quantitative estimate of drug-likeness (QED) is 0.267. The summed E-state index contributed by atoms with van der Waals surface area (Å²) in [5, 5.41) is 5.80. The number of thiocarbonyl (C=S) groups is 1. The topological polar surface area (TPSA) is 76.7 Å². The van der Waals surface area contributed by atoms with Gasteiger partial charge in [-0.15, -0.1) is 0 Å². The van der Waals surface area contributed by atoms with Crippen LogP contribution in [0.25, 0.3) is 0 Å². The molecule has 0 aliphatic carbocycles. The molecule has 0 fully saturated rings. The molecular formula is C26H34N2O4S. The van der Waals surface area contributed by atoms with Crippen molar-refractivity contribution >= 4 is 34.9 Å². The van der Waals surface area contributed by atoms with Gasteiger partial charge in [-0.3, -0.25) is 4.79 Å². The third-order valence-electron chi connectivity index (χ3n) is 4.90. The smallest absolute Gasteiger partial charge is 0.338 e. The number of hydrogen-bond acceptors (Lipinski definition) is 5. The lowest BCUT2D eigenvalue weighted by Crippen LogP contribution is -2.34. The van der Waals surface area contributed by atoms with E-state index in [-0.39, 0.29) is 22.4 Å². The van der Waals surface area contributed by atoms with Crippen LogP contribution in [-0.4, -0.2) is 30.2 Å². The highest BCUT2D eigenvalue weighted by atomic mass is 32.1. The molecule has 1 amide bonds. The highest BCUT2D eigenvalue weighted by Gasteiger charge is 2.13. The summed E-state index contributed by atoms with van der Waals surface area (Å²) >= 11 is 5.20. The Labute approximate surface area is 202 Å². The van der Waals surface area contributed by atoms with Gasteiger partial charge in [-0.05, 0) is 72.4 Å². The lowest BCUT2D eigenvalue weighted by atomic mass is 9.87. The van der Waals surface area contributed by atoms with Crippen molar-refractivity contribution in [2.45, 2.75) is 58.8 Å². The molecular weight excluding hydrogens is 436 g/mol. The molecule has 7 heteroatoms. The molecule has 0 aromatic heterocycles. The van der Waals surface area contributed by atoms with E-state index < -0.39 is 0 Å². The Morgan fingerprint density at radius 2 is 1.61 bits per heavy atom. The van der Waals surface area contributed by atoms with Gasteiger partial charge in [-0.1, -0.05) is 46.2 Å². The van der Waals surface area contributed by atoms with Crippen LogP contribution in [0.1, 0.15) is 69.3 Å². The van der Waals surface area contributed by atoms with Crippen molar-refractivity contribution in [2.24, 2.45) is 0 Å². The van der Waals surface area contributed by atoms with E-state index in [4.69, 9.17) is 21.7 Å². The van der Waals surface area contributed by atoms with Crippen molar-refractivity contribution in [3.8, 4) is 5.75 Å². The van der Waals surface area contributed by atoms with Crippen LogP contribution in [0.2, 0.25) is 0 Å². The van der Waals surface area contributed by atoms with Crippen LogP contribution < -0.4 is 15.4 Å². The largest absolute Gasteiger partial charge is 0.494 e. The zero-order chi connectivity index (χ0) is 24.3. The van der Waals surface area contributed by atoms with Crippen LogP contribution >= 0.6 is 12.2 Å². The maximum absolute atomic E-state index is 12.1. The van der Waals surface area contributed by atoms with E-state index in [1.54, 1.807) is 24.3 Å². The summed E-state index contributed by atoms with van der Waals surface area (Å²) in [5.74, 6) is 0.256. The molecule has 178 valence electrons. The predicted octanol–water partition coefficient (Wildman–Crippen LogP) is 5.61.